The van der Waals surface area contributed by atoms with Crippen molar-refractivity contribution in [1.29, 1.82) is 0 Å². The van der Waals surface area contributed by atoms with Gasteiger partial charge in [0.25, 0.3) is 0 Å². The van der Waals surface area contributed by atoms with Crippen LogP contribution in [0.25, 0.3) is 11.1 Å². The molecule has 3 atom stereocenters. The number of aromatic amines is 1. The van der Waals surface area contributed by atoms with Gasteiger partial charge in [0.1, 0.15) is 6.33 Å². The molecule has 3 N–H and O–H groups in total. The highest BCUT2D eigenvalue weighted by Gasteiger charge is 2.32. The van der Waals surface area contributed by atoms with Crippen LogP contribution in [-0.2, 0) is 32.6 Å². The predicted molar refractivity (Wildman–Crippen MR) is 168 cm³/mol. The molecule has 5 aromatic rings. The van der Waals surface area contributed by atoms with Crippen LogP contribution in [-0.4, -0.2) is 40.6 Å². The summed E-state index contributed by atoms with van der Waals surface area (Å²) in [7, 11) is -3.62. The topological polar surface area (TPSA) is 126 Å². The van der Waals surface area contributed by atoms with Gasteiger partial charge in [-0.25, -0.2) is 18.1 Å². The highest BCUT2D eigenvalue weighted by molar-refractivity contribution is 7.99. The van der Waals surface area contributed by atoms with Crippen molar-refractivity contribution in [3.05, 3.63) is 132 Å². The van der Waals surface area contributed by atoms with Crippen molar-refractivity contribution < 1.29 is 23.0 Å². The van der Waals surface area contributed by atoms with Gasteiger partial charge in [0.05, 0.1) is 23.7 Å². The van der Waals surface area contributed by atoms with Crippen molar-refractivity contribution in [2.24, 2.45) is 0 Å². The number of ether oxygens (including phenoxy) is 2. The van der Waals surface area contributed by atoms with E-state index in [0.29, 0.717) is 12.2 Å². The summed E-state index contributed by atoms with van der Waals surface area (Å²) in [6.07, 6.45) is 1.23. The van der Waals surface area contributed by atoms with Gasteiger partial charge in [-0.3, -0.25) is 5.10 Å². The SMILES string of the molecule is O=S(=O)(NCc1cccc(-c2cccc(C3OC(CSc4ncn[nH]4)CC(c4ccc(CO)cc4)O3)c2)c1)c1ccccc1. The first-order chi connectivity index (χ1) is 21.5. The lowest BCUT2D eigenvalue weighted by atomic mass is 9.99. The summed E-state index contributed by atoms with van der Waals surface area (Å²) >= 11 is 1.55. The van der Waals surface area contributed by atoms with Crippen molar-refractivity contribution >= 4 is 21.8 Å². The van der Waals surface area contributed by atoms with Gasteiger partial charge in [-0.2, -0.15) is 5.10 Å². The molecule has 0 aliphatic carbocycles. The molecule has 4 aromatic carbocycles. The maximum atomic E-state index is 12.7. The van der Waals surface area contributed by atoms with E-state index in [4.69, 9.17) is 9.47 Å². The Morgan fingerprint density at radius 2 is 1.64 bits per heavy atom. The number of hydrogen-bond donors (Lipinski definition) is 3. The van der Waals surface area contributed by atoms with E-state index >= 15 is 0 Å². The Hall–Kier alpha value is -3.84. The molecule has 1 fully saturated rings. The first kappa shape index (κ1) is 30.2. The van der Waals surface area contributed by atoms with Gasteiger partial charge in [0, 0.05) is 24.3 Å². The number of H-pyrrole nitrogens is 1. The van der Waals surface area contributed by atoms with Gasteiger partial charge >= 0.3 is 0 Å². The molecule has 1 saturated heterocycles. The summed E-state index contributed by atoms with van der Waals surface area (Å²) in [6, 6.07) is 32.0. The maximum absolute atomic E-state index is 12.7. The number of nitrogens with one attached hydrogen (secondary N) is 2. The van der Waals surface area contributed by atoms with E-state index in [9.17, 15) is 13.5 Å². The molecular weight excluding hydrogens is 597 g/mol. The molecule has 44 heavy (non-hydrogen) atoms. The molecule has 6 rings (SSSR count). The molecule has 0 bridgehead atoms. The summed E-state index contributed by atoms with van der Waals surface area (Å²) in [5, 5.41) is 17.0. The van der Waals surface area contributed by atoms with Crippen molar-refractivity contribution in [3.8, 4) is 11.1 Å². The fourth-order valence-electron chi connectivity index (χ4n) is 5.05. The summed E-state index contributed by atoms with van der Waals surface area (Å²) in [5.74, 6) is 0.668. The Morgan fingerprint density at radius 1 is 0.864 bits per heavy atom. The zero-order valence-corrected chi connectivity index (χ0v) is 25.4. The van der Waals surface area contributed by atoms with Crippen LogP contribution >= 0.6 is 11.8 Å². The normalized spacial score (nSPS) is 18.7. The van der Waals surface area contributed by atoms with Crippen LogP contribution in [0.2, 0.25) is 0 Å². The maximum Gasteiger partial charge on any atom is 0.240 e. The molecule has 2 heterocycles. The lowest BCUT2D eigenvalue weighted by molar-refractivity contribution is -0.245. The van der Waals surface area contributed by atoms with Crippen LogP contribution in [0.15, 0.2) is 120 Å². The van der Waals surface area contributed by atoms with Crippen molar-refractivity contribution in [3.63, 3.8) is 0 Å². The first-order valence-electron chi connectivity index (χ1n) is 14.2. The van der Waals surface area contributed by atoms with Crippen LogP contribution in [0.5, 0.6) is 0 Å². The average molecular weight is 629 g/mol. The van der Waals surface area contributed by atoms with E-state index in [2.05, 4.69) is 26.0 Å². The smallest absolute Gasteiger partial charge is 0.240 e. The van der Waals surface area contributed by atoms with Crippen LogP contribution < -0.4 is 4.72 Å². The lowest BCUT2D eigenvalue weighted by Crippen LogP contribution is -2.31. The Labute approximate surface area is 260 Å². The highest BCUT2D eigenvalue weighted by Crippen LogP contribution is 2.40. The number of nitrogens with zero attached hydrogens (tertiary/aromatic N) is 2. The molecule has 0 amide bonds. The van der Waals surface area contributed by atoms with Crippen molar-refractivity contribution in [1.82, 2.24) is 19.9 Å². The molecule has 0 spiro atoms. The number of sulfonamides is 1. The van der Waals surface area contributed by atoms with E-state index in [-0.39, 0.29) is 30.3 Å². The highest BCUT2D eigenvalue weighted by atomic mass is 32.2. The Balaban J connectivity index is 1.21. The third-order valence-electron chi connectivity index (χ3n) is 7.35. The number of rotatable bonds is 11. The Bertz CT molecular complexity index is 1770. The van der Waals surface area contributed by atoms with Gasteiger partial charge < -0.3 is 14.6 Å². The molecule has 11 heteroatoms. The van der Waals surface area contributed by atoms with Gasteiger partial charge in [0.2, 0.25) is 10.0 Å². The zero-order chi connectivity index (χ0) is 30.4. The third kappa shape index (κ3) is 7.44. The Morgan fingerprint density at radius 3 is 2.39 bits per heavy atom. The van der Waals surface area contributed by atoms with E-state index < -0.39 is 16.3 Å². The minimum Gasteiger partial charge on any atom is -0.392 e. The molecule has 1 aliphatic heterocycles. The fraction of sp³-hybridized carbons (Fsp3) is 0.212. The number of hydrogen-bond acceptors (Lipinski definition) is 8. The summed E-state index contributed by atoms with van der Waals surface area (Å²) in [5.41, 5.74) is 5.50. The van der Waals surface area contributed by atoms with Gasteiger partial charge in [0.15, 0.2) is 11.4 Å². The van der Waals surface area contributed by atoms with E-state index in [1.54, 1.807) is 42.1 Å². The van der Waals surface area contributed by atoms with Gasteiger partial charge in [-0.05, 0) is 52.1 Å². The van der Waals surface area contributed by atoms with E-state index in [1.165, 1.54) is 6.33 Å². The number of aliphatic hydroxyl groups excluding tert-OH is 1. The predicted octanol–water partition coefficient (Wildman–Crippen LogP) is 5.78. The molecule has 1 aromatic heterocycles. The van der Waals surface area contributed by atoms with E-state index in [0.717, 1.165) is 38.5 Å². The summed E-state index contributed by atoms with van der Waals surface area (Å²) in [4.78, 5) is 4.45. The summed E-state index contributed by atoms with van der Waals surface area (Å²) < 4.78 is 41.1. The third-order valence-corrected chi connectivity index (χ3v) is 9.78. The van der Waals surface area contributed by atoms with Crippen LogP contribution in [0.4, 0.5) is 0 Å². The molecule has 0 saturated carbocycles. The van der Waals surface area contributed by atoms with Crippen LogP contribution in [0.3, 0.4) is 0 Å². The average Bonchev–Trinajstić information content (AvgIpc) is 3.61. The second-order valence-electron chi connectivity index (χ2n) is 10.4. The van der Waals surface area contributed by atoms with Crippen molar-refractivity contribution in [2.75, 3.05) is 5.75 Å². The largest absolute Gasteiger partial charge is 0.392 e. The lowest BCUT2D eigenvalue weighted by Gasteiger charge is -2.36. The molecule has 0 radical (unpaired) electrons. The second kappa shape index (κ2) is 13.9. The minimum atomic E-state index is -3.62. The number of thioether (sulfide) groups is 1. The molecule has 226 valence electrons. The Kier molecular flexibility index (Phi) is 9.51. The van der Waals surface area contributed by atoms with Crippen LogP contribution in [0.1, 0.15) is 41.1 Å². The molecule has 1 aliphatic rings. The number of benzene rings is 4. The van der Waals surface area contributed by atoms with E-state index in [1.807, 2.05) is 66.7 Å². The monoisotopic (exact) mass is 628 g/mol. The molecular formula is C33H32N4O5S2. The van der Waals surface area contributed by atoms with Crippen LogP contribution in [0, 0.1) is 0 Å². The van der Waals surface area contributed by atoms with Crippen molar-refractivity contribution in [2.45, 2.75) is 48.1 Å². The zero-order valence-electron chi connectivity index (χ0n) is 23.7. The molecule has 9 nitrogen and oxygen atoms in total. The minimum absolute atomic E-state index is 0.0130. The van der Waals surface area contributed by atoms with Gasteiger partial charge in [-0.1, -0.05) is 90.6 Å². The second-order valence-corrected chi connectivity index (χ2v) is 13.2. The first-order valence-corrected chi connectivity index (χ1v) is 16.7. The standard InChI is InChI=1S/C33H32N4O5S2/c38-20-23-12-14-25(15-13-23)31-18-29(21-43-33-34-22-35-37-33)41-32(42-31)28-9-5-8-27(17-28)26-7-4-6-24(16-26)19-36-44(39,40)30-10-2-1-3-11-30/h1-17,22,29,31-32,36,38H,18-21H2,(H,34,35,37). The fourth-order valence-corrected chi connectivity index (χ4v) is 6.88. The quantitative estimate of drug-likeness (QED) is 0.157. The summed E-state index contributed by atoms with van der Waals surface area (Å²) in [6.45, 7) is 0.155. The molecule has 3 unspecified atom stereocenters. The number of aromatic nitrogens is 3. The van der Waals surface area contributed by atoms with Gasteiger partial charge in [-0.15, -0.1) is 0 Å². The number of aliphatic hydroxyl groups is 1.